The third-order valence-corrected chi connectivity index (χ3v) is 4.44. The van der Waals surface area contributed by atoms with Gasteiger partial charge in [0.1, 0.15) is 6.33 Å². The van der Waals surface area contributed by atoms with Crippen molar-refractivity contribution < 1.29 is 0 Å². The monoisotopic (exact) mass is 372 g/mol. The molecule has 4 aromatic rings. The van der Waals surface area contributed by atoms with Crippen molar-refractivity contribution in [3.8, 4) is 11.1 Å². The quantitative estimate of drug-likeness (QED) is 0.487. The fourth-order valence-electron chi connectivity index (χ4n) is 2.60. The number of rotatable bonds is 1. The molecule has 2 heterocycles. The maximum absolute atomic E-state index is 6.35. The smallest absolute Gasteiger partial charge is 0.182 e. The van der Waals surface area contributed by atoms with Gasteiger partial charge >= 0.3 is 0 Å². The van der Waals surface area contributed by atoms with Gasteiger partial charge in [-0.1, -0.05) is 39.7 Å². The van der Waals surface area contributed by atoms with Crippen molar-refractivity contribution in [3.05, 3.63) is 57.9 Å². The molecule has 0 unspecified atom stereocenters. The first-order chi connectivity index (χ1) is 10.6. The lowest BCUT2D eigenvalue weighted by Crippen LogP contribution is -1.95. The number of aromatic nitrogens is 4. The highest BCUT2D eigenvalue weighted by Gasteiger charge is 2.10. The number of aryl methyl sites for hydroxylation is 1. The molecule has 108 valence electrons. The minimum Gasteiger partial charge on any atom is -0.278 e. The molecule has 0 aliphatic carbocycles. The van der Waals surface area contributed by atoms with Gasteiger partial charge in [-0.25, -0.2) is 4.98 Å². The third-order valence-electron chi connectivity index (χ3n) is 3.64. The Morgan fingerprint density at radius 2 is 2.00 bits per heavy atom. The summed E-state index contributed by atoms with van der Waals surface area (Å²) in [6.45, 7) is 1.93. The SMILES string of the molecule is Cc1nc2cc(-c3ccc(Br)cc3Cl)ccc2n2cnnc12. The molecule has 0 aliphatic heterocycles. The van der Waals surface area contributed by atoms with E-state index in [9.17, 15) is 0 Å². The predicted octanol–water partition coefficient (Wildman–Crippen LogP) is 4.67. The van der Waals surface area contributed by atoms with Crippen LogP contribution in [-0.2, 0) is 0 Å². The van der Waals surface area contributed by atoms with Gasteiger partial charge in [-0.05, 0) is 36.8 Å². The molecule has 0 amide bonds. The molecular formula is C16H10BrClN4. The Morgan fingerprint density at radius 3 is 2.82 bits per heavy atom. The Kier molecular flexibility index (Phi) is 3.13. The highest BCUT2D eigenvalue weighted by atomic mass is 79.9. The Morgan fingerprint density at radius 1 is 1.14 bits per heavy atom. The normalized spacial score (nSPS) is 11.4. The highest BCUT2D eigenvalue weighted by Crippen LogP contribution is 2.32. The summed E-state index contributed by atoms with van der Waals surface area (Å²) in [6.07, 6.45) is 1.71. The summed E-state index contributed by atoms with van der Waals surface area (Å²) in [6, 6.07) is 12.0. The molecule has 0 bridgehead atoms. The average Bonchev–Trinajstić information content (AvgIpc) is 2.97. The number of hydrogen-bond acceptors (Lipinski definition) is 3. The largest absolute Gasteiger partial charge is 0.278 e. The van der Waals surface area contributed by atoms with Gasteiger partial charge in [-0.2, -0.15) is 0 Å². The molecule has 0 saturated heterocycles. The number of benzene rings is 2. The first-order valence-corrected chi connectivity index (χ1v) is 7.86. The molecule has 0 atom stereocenters. The Hall–Kier alpha value is -1.98. The zero-order valence-electron chi connectivity index (χ0n) is 11.6. The molecule has 2 aromatic heterocycles. The Labute approximate surface area is 139 Å². The van der Waals surface area contributed by atoms with Crippen molar-refractivity contribution in [1.29, 1.82) is 0 Å². The van der Waals surface area contributed by atoms with E-state index >= 15 is 0 Å². The molecule has 2 aromatic carbocycles. The molecule has 4 nitrogen and oxygen atoms in total. The maximum Gasteiger partial charge on any atom is 0.182 e. The summed E-state index contributed by atoms with van der Waals surface area (Å²) < 4.78 is 2.91. The van der Waals surface area contributed by atoms with Crippen LogP contribution in [0, 0.1) is 6.92 Å². The van der Waals surface area contributed by atoms with E-state index in [1.54, 1.807) is 6.33 Å². The standard InChI is InChI=1S/C16H10BrClN4/c1-9-16-21-19-8-22(16)15-5-2-10(6-14(15)20-9)12-4-3-11(17)7-13(12)18/h2-8H,1H3. The maximum atomic E-state index is 6.35. The van der Waals surface area contributed by atoms with Crippen molar-refractivity contribution in [2.45, 2.75) is 6.92 Å². The molecule has 0 spiro atoms. The number of nitrogens with zero attached hydrogens (tertiary/aromatic N) is 4. The fraction of sp³-hybridized carbons (Fsp3) is 0.0625. The third kappa shape index (κ3) is 2.09. The molecule has 22 heavy (non-hydrogen) atoms. The zero-order valence-corrected chi connectivity index (χ0v) is 13.9. The second-order valence-corrected chi connectivity index (χ2v) is 6.37. The van der Waals surface area contributed by atoms with E-state index in [-0.39, 0.29) is 0 Å². The van der Waals surface area contributed by atoms with Crippen LogP contribution in [-0.4, -0.2) is 19.6 Å². The van der Waals surface area contributed by atoms with Crippen molar-refractivity contribution in [2.75, 3.05) is 0 Å². The van der Waals surface area contributed by atoms with Crippen LogP contribution in [0.3, 0.4) is 0 Å². The van der Waals surface area contributed by atoms with Gasteiger partial charge in [0, 0.05) is 15.1 Å². The molecule has 6 heteroatoms. The fourth-order valence-corrected chi connectivity index (χ4v) is 3.38. The van der Waals surface area contributed by atoms with E-state index in [1.807, 2.05) is 47.7 Å². The summed E-state index contributed by atoms with van der Waals surface area (Å²) in [5.74, 6) is 0. The van der Waals surface area contributed by atoms with E-state index in [0.29, 0.717) is 5.02 Å². The summed E-state index contributed by atoms with van der Waals surface area (Å²) in [7, 11) is 0. The molecule has 0 radical (unpaired) electrons. The van der Waals surface area contributed by atoms with E-state index in [1.165, 1.54) is 0 Å². The lowest BCUT2D eigenvalue weighted by Gasteiger charge is -2.08. The van der Waals surface area contributed by atoms with Crippen LogP contribution in [0.25, 0.3) is 27.8 Å². The van der Waals surface area contributed by atoms with Gasteiger partial charge in [0.2, 0.25) is 0 Å². The Bertz CT molecular complexity index is 1030. The topological polar surface area (TPSA) is 43.1 Å². The van der Waals surface area contributed by atoms with E-state index in [2.05, 4.69) is 31.1 Å². The minimum atomic E-state index is 0.704. The van der Waals surface area contributed by atoms with Crippen LogP contribution in [0.4, 0.5) is 0 Å². The molecule has 4 rings (SSSR count). The molecule has 0 N–H and O–H groups in total. The number of fused-ring (bicyclic) bond motifs is 3. The van der Waals surface area contributed by atoms with E-state index < -0.39 is 0 Å². The summed E-state index contributed by atoms with van der Waals surface area (Å²) >= 11 is 9.78. The van der Waals surface area contributed by atoms with Gasteiger partial charge in [0.25, 0.3) is 0 Å². The average molecular weight is 374 g/mol. The van der Waals surface area contributed by atoms with Crippen LogP contribution in [0.5, 0.6) is 0 Å². The van der Waals surface area contributed by atoms with Crippen molar-refractivity contribution in [3.63, 3.8) is 0 Å². The van der Waals surface area contributed by atoms with E-state index in [4.69, 9.17) is 11.6 Å². The molecule has 0 fully saturated rings. The van der Waals surface area contributed by atoms with Crippen LogP contribution in [0.1, 0.15) is 5.69 Å². The molecule has 0 aliphatic rings. The van der Waals surface area contributed by atoms with Crippen LogP contribution in [0.15, 0.2) is 47.2 Å². The molecule has 0 saturated carbocycles. The first kappa shape index (κ1) is 13.7. The van der Waals surface area contributed by atoms with Crippen LogP contribution in [0.2, 0.25) is 5.02 Å². The zero-order chi connectivity index (χ0) is 15.3. The van der Waals surface area contributed by atoms with Gasteiger partial charge in [0.15, 0.2) is 5.65 Å². The molecular weight excluding hydrogens is 364 g/mol. The van der Waals surface area contributed by atoms with Gasteiger partial charge in [-0.15, -0.1) is 10.2 Å². The predicted molar refractivity (Wildman–Crippen MR) is 91.2 cm³/mol. The number of hydrogen-bond donors (Lipinski definition) is 0. The van der Waals surface area contributed by atoms with Crippen molar-refractivity contribution >= 4 is 44.2 Å². The second-order valence-electron chi connectivity index (χ2n) is 5.05. The van der Waals surface area contributed by atoms with Gasteiger partial charge < -0.3 is 0 Å². The van der Waals surface area contributed by atoms with Crippen LogP contribution < -0.4 is 0 Å². The summed E-state index contributed by atoms with van der Waals surface area (Å²) in [4.78, 5) is 4.63. The van der Waals surface area contributed by atoms with Gasteiger partial charge in [0.05, 0.1) is 16.7 Å². The Balaban J connectivity index is 1.99. The summed E-state index contributed by atoms with van der Waals surface area (Å²) in [5.41, 5.74) is 5.51. The minimum absolute atomic E-state index is 0.704. The number of halogens is 2. The lowest BCUT2D eigenvalue weighted by molar-refractivity contribution is 1.10. The van der Waals surface area contributed by atoms with Crippen LogP contribution >= 0.6 is 27.5 Å². The summed E-state index contributed by atoms with van der Waals surface area (Å²) in [5, 5.41) is 8.76. The lowest BCUT2D eigenvalue weighted by atomic mass is 10.0. The van der Waals surface area contributed by atoms with Gasteiger partial charge in [-0.3, -0.25) is 4.40 Å². The van der Waals surface area contributed by atoms with Crippen molar-refractivity contribution in [2.24, 2.45) is 0 Å². The highest BCUT2D eigenvalue weighted by molar-refractivity contribution is 9.10. The second kappa shape index (κ2) is 5.04. The first-order valence-electron chi connectivity index (χ1n) is 6.69. The van der Waals surface area contributed by atoms with E-state index in [0.717, 1.165) is 38.0 Å². The van der Waals surface area contributed by atoms with Crippen molar-refractivity contribution in [1.82, 2.24) is 19.6 Å².